The number of carboxylic acid groups (broad SMARTS) is 1. The SMILES string of the molecule is O=C1NCC(COc2ccsc2C(=O)O)O1. The monoisotopic (exact) mass is 243 g/mol. The fourth-order valence-electron chi connectivity index (χ4n) is 1.27. The minimum atomic E-state index is -1.02. The van der Waals surface area contributed by atoms with Gasteiger partial charge < -0.3 is 19.9 Å². The lowest BCUT2D eigenvalue weighted by molar-refractivity contribution is 0.0690. The smallest absolute Gasteiger partial charge is 0.407 e. The normalized spacial score (nSPS) is 19.0. The lowest BCUT2D eigenvalue weighted by Crippen LogP contribution is -2.22. The summed E-state index contributed by atoms with van der Waals surface area (Å²) in [5.74, 6) is -0.716. The Bertz CT molecular complexity index is 416. The molecule has 1 fully saturated rings. The average molecular weight is 243 g/mol. The van der Waals surface area contributed by atoms with Crippen LogP contribution >= 0.6 is 11.3 Å². The lowest BCUT2D eigenvalue weighted by atomic mass is 10.4. The van der Waals surface area contributed by atoms with E-state index >= 15 is 0 Å². The first-order chi connectivity index (χ1) is 7.66. The second kappa shape index (κ2) is 4.40. The van der Waals surface area contributed by atoms with E-state index in [2.05, 4.69) is 5.32 Å². The molecular formula is C9H9NO5S. The highest BCUT2D eigenvalue weighted by Crippen LogP contribution is 2.24. The van der Waals surface area contributed by atoms with E-state index in [9.17, 15) is 9.59 Å². The summed E-state index contributed by atoms with van der Waals surface area (Å²) in [7, 11) is 0. The molecule has 16 heavy (non-hydrogen) atoms. The molecule has 0 radical (unpaired) electrons. The Morgan fingerprint density at radius 1 is 1.75 bits per heavy atom. The Kier molecular flexibility index (Phi) is 2.95. The Morgan fingerprint density at radius 2 is 2.56 bits per heavy atom. The molecule has 1 atom stereocenters. The van der Waals surface area contributed by atoms with Gasteiger partial charge in [-0.05, 0) is 11.4 Å². The number of hydrogen-bond acceptors (Lipinski definition) is 5. The highest BCUT2D eigenvalue weighted by Gasteiger charge is 2.24. The third kappa shape index (κ3) is 2.25. The molecular weight excluding hydrogens is 234 g/mol. The van der Waals surface area contributed by atoms with E-state index in [1.54, 1.807) is 11.4 Å². The maximum Gasteiger partial charge on any atom is 0.407 e. The zero-order valence-electron chi connectivity index (χ0n) is 8.13. The first-order valence-corrected chi connectivity index (χ1v) is 5.43. The van der Waals surface area contributed by atoms with Crippen molar-refractivity contribution in [3.05, 3.63) is 16.3 Å². The summed E-state index contributed by atoms with van der Waals surface area (Å²) in [6, 6.07) is 1.58. The molecule has 0 saturated carbocycles. The highest BCUT2D eigenvalue weighted by molar-refractivity contribution is 7.12. The van der Waals surface area contributed by atoms with Crippen LogP contribution in [0, 0.1) is 0 Å². The number of amides is 1. The molecule has 2 N–H and O–H groups in total. The van der Waals surface area contributed by atoms with Gasteiger partial charge >= 0.3 is 12.1 Å². The number of carboxylic acids is 1. The number of aromatic carboxylic acids is 1. The van der Waals surface area contributed by atoms with Crippen molar-refractivity contribution >= 4 is 23.4 Å². The average Bonchev–Trinajstić information content (AvgIpc) is 2.83. The number of carbonyl (C=O) groups is 2. The van der Waals surface area contributed by atoms with Crippen molar-refractivity contribution in [2.45, 2.75) is 6.10 Å². The zero-order chi connectivity index (χ0) is 11.5. The third-order valence-corrected chi connectivity index (χ3v) is 2.88. The molecule has 1 amide bonds. The molecule has 86 valence electrons. The van der Waals surface area contributed by atoms with Crippen LogP contribution in [0.5, 0.6) is 5.75 Å². The van der Waals surface area contributed by atoms with E-state index in [1.165, 1.54) is 0 Å². The van der Waals surface area contributed by atoms with Crippen molar-refractivity contribution < 1.29 is 24.2 Å². The number of carbonyl (C=O) groups excluding carboxylic acids is 1. The summed E-state index contributed by atoms with van der Waals surface area (Å²) < 4.78 is 10.1. The van der Waals surface area contributed by atoms with Gasteiger partial charge in [0.15, 0.2) is 11.0 Å². The van der Waals surface area contributed by atoms with Crippen LogP contribution in [0.2, 0.25) is 0 Å². The van der Waals surface area contributed by atoms with E-state index in [-0.39, 0.29) is 17.6 Å². The molecule has 1 aromatic heterocycles. The molecule has 0 aromatic carbocycles. The van der Waals surface area contributed by atoms with E-state index in [0.29, 0.717) is 12.3 Å². The van der Waals surface area contributed by atoms with Crippen LogP contribution in [0.15, 0.2) is 11.4 Å². The topological polar surface area (TPSA) is 84.9 Å². The van der Waals surface area contributed by atoms with Crippen molar-refractivity contribution in [2.75, 3.05) is 13.2 Å². The molecule has 7 heteroatoms. The molecule has 2 rings (SSSR count). The number of hydrogen-bond donors (Lipinski definition) is 2. The quantitative estimate of drug-likeness (QED) is 0.821. The van der Waals surface area contributed by atoms with Crippen LogP contribution in [-0.4, -0.2) is 36.4 Å². The minimum Gasteiger partial charge on any atom is -0.488 e. The number of thiophene rings is 1. The molecule has 1 aliphatic rings. The van der Waals surface area contributed by atoms with Gasteiger partial charge in [0.05, 0.1) is 6.54 Å². The molecule has 6 nitrogen and oxygen atoms in total. The Labute approximate surface area is 94.8 Å². The van der Waals surface area contributed by atoms with E-state index in [0.717, 1.165) is 11.3 Å². The first kappa shape index (κ1) is 10.7. The largest absolute Gasteiger partial charge is 0.488 e. The Balaban J connectivity index is 1.92. The third-order valence-electron chi connectivity index (χ3n) is 2.00. The number of ether oxygens (including phenoxy) is 2. The second-order valence-electron chi connectivity index (χ2n) is 3.14. The van der Waals surface area contributed by atoms with E-state index in [4.69, 9.17) is 14.6 Å². The first-order valence-electron chi connectivity index (χ1n) is 4.55. The van der Waals surface area contributed by atoms with Gasteiger partial charge in [0.1, 0.15) is 12.4 Å². The van der Waals surface area contributed by atoms with E-state index in [1.807, 2.05) is 0 Å². The van der Waals surface area contributed by atoms with Crippen LogP contribution in [-0.2, 0) is 4.74 Å². The zero-order valence-corrected chi connectivity index (χ0v) is 8.95. The van der Waals surface area contributed by atoms with Crippen molar-refractivity contribution in [1.82, 2.24) is 5.32 Å². The Morgan fingerprint density at radius 3 is 3.19 bits per heavy atom. The number of cyclic esters (lactones) is 1. The van der Waals surface area contributed by atoms with E-state index < -0.39 is 12.1 Å². The molecule has 0 spiro atoms. The Hall–Kier alpha value is -1.76. The van der Waals surface area contributed by atoms with Gasteiger partial charge in [0.25, 0.3) is 0 Å². The molecule has 0 aliphatic carbocycles. The summed E-state index contributed by atoms with van der Waals surface area (Å²) >= 11 is 1.09. The lowest BCUT2D eigenvalue weighted by Gasteiger charge is -2.09. The fraction of sp³-hybridized carbons (Fsp3) is 0.333. The predicted octanol–water partition coefficient (Wildman–Crippen LogP) is 0.933. The van der Waals surface area contributed by atoms with Gasteiger partial charge in [-0.2, -0.15) is 0 Å². The standard InChI is InChI=1S/C9H9NO5S/c11-8(12)7-6(1-2-16-7)14-4-5-3-10-9(13)15-5/h1-2,5H,3-4H2,(H,10,13)(H,11,12). The van der Waals surface area contributed by atoms with Crippen LogP contribution in [0.3, 0.4) is 0 Å². The van der Waals surface area contributed by atoms with Crippen LogP contribution in [0.25, 0.3) is 0 Å². The molecule has 1 aliphatic heterocycles. The summed E-state index contributed by atoms with van der Waals surface area (Å²) in [5.41, 5.74) is 0. The summed E-state index contributed by atoms with van der Waals surface area (Å²) in [6.45, 7) is 0.529. The van der Waals surface area contributed by atoms with Crippen molar-refractivity contribution in [3.63, 3.8) is 0 Å². The highest BCUT2D eigenvalue weighted by atomic mass is 32.1. The minimum absolute atomic E-state index is 0.149. The van der Waals surface area contributed by atoms with Gasteiger partial charge in [-0.25, -0.2) is 9.59 Å². The summed E-state index contributed by atoms with van der Waals surface area (Å²) in [5, 5.41) is 12.9. The van der Waals surface area contributed by atoms with Crippen molar-refractivity contribution in [1.29, 1.82) is 0 Å². The number of alkyl carbamates (subject to hydrolysis) is 1. The van der Waals surface area contributed by atoms with Gasteiger partial charge in [-0.15, -0.1) is 11.3 Å². The summed E-state index contributed by atoms with van der Waals surface area (Å²) in [6.07, 6.45) is -0.841. The van der Waals surface area contributed by atoms with Crippen LogP contribution < -0.4 is 10.1 Å². The maximum absolute atomic E-state index is 10.8. The molecule has 1 unspecified atom stereocenters. The van der Waals surface area contributed by atoms with Crippen molar-refractivity contribution in [3.8, 4) is 5.75 Å². The second-order valence-corrected chi connectivity index (χ2v) is 4.05. The van der Waals surface area contributed by atoms with Crippen LogP contribution in [0.1, 0.15) is 9.67 Å². The molecule has 1 aromatic rings. The van der Waals surface area contributed by atoms with Gasteiger partial charge in [0, 0.05) is 0 Å². The number of rotatable bonds is 4. The molecule has 2 heterocycles. The van der Waals surface area contributed by atoms with Gasteiger partial charge in [-0.1, -0.05) is 0 Å². The van der Waals surface area contributed by atoms with Gasteiger partial charge in [-0.3, -0.25) is 0 Å². The fourth-order valence-corrected chi connectivity index (χ4v) is 1.95. The molecule has 0 bridgehead atoms. The molecule has 1 saturated heterocycles. The van der Waals surface area contributed by atoms with Crippen LogP contribution in [0.4, 0.5) is 4.79 Å². The predicted molar refractivity (Wildman–Crippen MR) is 55.0 cm³/mol. The van der Waals surface area contributed by atoms with Crippen molar-refractivity contribution in [2.24, 2.45) is 0 Å². The van der Waals surface area contributed by atoms with Gasteiger partial charge in [0.2, 0.25) is 0 Å². The maximum atomic E-state index is 10.8. The summed E-state index contributed by atoms with van der Waals surface area (Å²) in [4.78, 5) is 21.6. The number of nitrogens with one attached hydrogen (secondary N) is 1.